The maximum absolute atomic E-state index is 5.78. The maximum atomic E-state index is 5.78. The molecule has 21 heavy (non-hydrogen) atoms. The van der Waals surface area contributed by atoms with Gasteiger partial charge in [0.2, 0.25) is 0 Å². The van der Waals surface area contributed by atoms with E-state index in [1.54, 1.807) is 0 Å². The summed E-state index contributed by atoms with van der Waals surface area (Å²) in [5, 5.41) is 3.47. The lowest BCUT2D eigenvalue weighted by atomic mass is 10.2. The Morgan fingerprint density at radius 3 is 2.90 bits per heavy atom. The standard InChI is InChI=1S/C17H26BrNO2/c1-2-9-21-17-7-6-16(18)11-15(17)12-19-8-3-10-20-13-14-4-5-14/h6-7,11,14,19H,2-5,8-10,12-13H2,1H3. The van der Waals surface area contributed by atoms with Crippen LogP contribution in [0.2, 0.25) is 0 Å². The fourth-order valence-corrected chi connectivity index (χ4v) is 2.50. The van der Waals surface area contributed by atoms with Crippen molar-refractivity contribution in [2.75, 3.05) is 26.4 Å². The Morgan fingerprint density at radius 2 is 2.14 bits per heavy atom. The third kappa shape index (κ3) is 6.81. The molecule has 2 rings (SSSR count). The van der Waals surface area contributed by atoms with Gasteiger partial charge in [0, 0.05) is 29.8 Å². The molecule has 1 fully saturated rings. The lowest BCUT2D eigenvalue weighted by Crippen LogP contribution is -2.17. The van der Waals surface area contributed by atoms with E-state index < -0.39 is 0 Å². The third-order valence-electron chi connectivity index (χ3n) is 3.49. The Hall–Kier alpha value is -0.580. The molecule has 1 aliphatic carbocycles. The van der Waals surface area contributed by atoms with Gasteiger partial charge in [0.15, 0.2) is 0 Å². The highest BCUT2D eigenvalue weighted by Crippen LogP contribution is 2.28. The molecule has 3 nitrogen and oxygen atoms in total. The second-order valence-corrected chi connectivity index (χ2v) is 6.56. The lowest BCUT2D eigenvalue weighted by Gasteiger charge is -2.12. The molecule has 0 unspecified atom stereocenters. The normalized spacial score (nSPS) is 14.4. The van der Waals surface area contributed by atoms with Crippen LogP contribution in [-0.4, -0.2) is 26.4 Å². The minimum atomic E-state index is 0.767. The first-order valence-electron chi connectivity index (χ1n) is 7.99. The molecule has 0 saturated heterocycles. The summed E-state index contributed by atoms with van der Waals surface area (Å²) in [6, 6.07) is 6.19. The molecule has 0 heterocycles. The molecule has 0 radical (unpaired) electrons. The van der Waals surface area contributed by atoms with Gasteiger partial charge in [-0.1, -0.05) is 22.9 Å². The molecule has 0 amide bonds. The zero-order valence-corrected chi connectivity index (χ0v) is 14.5. The van der Waals surface area contributed by atoms with Gasteiger partial charge in [-0.25, -0.2) is 0 Å². The molecule has 0 aromatic heterocycles. The Kier molecular flexibility index (Phi) is 7.54. The Labute approximate surface area is 136 Å². The smallest absolute Gasteiger partial charge is 0.123 e. The summed E-state index contributed by atoms with van der Waals surface area (Å²) in [6.45, 7) is 6.52. The molecule has 1 aromatic rings. The molecular weight excluding hydrogens is 330 g/mol. The summed E-state index contributed by atoms with van der Waals surface area (Å²) in [7, 11) is 0. The van der Waals surface area contributed by atoms with Crippen LogP contribution in [-0.2, 0) is 11.3 Å². The highest BCUT2D eigenvalue weighted by atomic mass is 79.9. The van der Waals surface area contributed by atoms with E-state index in [2.05, 4.69) is 34.2 Å². The maximum Gasteiger partial charge on any atom is 0.123 e. The summed E-state index contributed by atoms with van der Waals surface area (Å²) in [5.74, 6) is 1.84. The van der Waals surface area contributed by atoms with E-state index in [1.807, 2.05) is 12.1 Å². The predicted molar refractivity (Wildman–Crippen MR) is 89.8 cm³/mol. The van der Waals surface area contributed by atoms with E-state index in [0.717, 1.165) is 61.9 Å². The average Bonchev–Trinajstić information content (AvgIpc) is 3.29. The third-order valence-corrected chi connectivity index (χ3v) is 3.99. The average molecular weight is 356 g/mol. The van der Waals surface area contributed by atoms with Crippen LogP contribution < -0.4 is 10.1 Å². The van der Waals surface area contributed by atoms with Crippen molar-refractivity contribution in [1.82, 2.24) is 5.32 Å². The van der Waals surface area contributed by atoms with E-state index in [4.69, 9.17) is 9.47 Å². The highest BCUT2D eigenvalue weighted by Gasteiger charge is 2.20. The zero-order valence-electron chi connectivity index (χ0n) is 12.9. The summed E-state index contributed by atoms with van der Waals surface area (Å²) >= 11 is 3.52. The second kappa shape index (κ2) is 9.44. The molecule has 0 spiro atoms. The van der Waals surface area contributed by atoms with E-state index >= 15 is 0 Å². The molecular formula is C17H26BrNO2. The van der Waals surface area contributed by atoms with Crippen LogP contribution in [0.25, 0.3) is 0 Å². The van der Waals surface area contributed by atoms with Crippen molar-refractivity contribution in [3.05, 3.63) is 28.2 Å². The Morgan fingerprint density at radius 1 is 1.29 bits per heavy atom. The topological polar surface area (TPSA) is 30.5 Å². The van der Waals surface area contributed by atoms with Gasteiger partial charge in [0.25, 0.3) is 0 Å². The summed E-state index contributed by atoms with van der Waals surface area (Å²) in [4.78, 5) is 0. The molecule has 4 heteroatoms. The van der Waals surface area contributed by atoms with Gasteiger partial charge in [-0.3, -0.25) is 0 Å². The van der Waals surface area contributed by atoms with E-state index in [1.165, 1.54) is 18.4 Å². The van der Waals surface area contributed by atoms with Crippen LogP contribution >= 0.6 is 15.9 Å². The first-order valence-corrected chi connectivity index (χ1v) is 8.78. The number of ether oxygens (including phenoxy) is 2. The van der Waals surface area contributed by atoms with E-state index in [9.17, 15) is 0 Å². The minimum absolute atomic E-state index is 0.767. The zero-order chi connectivity index (χ0) is 14.9. The molecule has 1 aromatic carbocycles. The number of hydrogen-bond acceptors (Lipinski definition) is 3. The van der Waals surface area contributed by atoms with Crippen molar-refractivity contribution >= 4 is 15.9 Å². The molecule has 0 aliphatic heterocycles. The van der Waals surface area contributed by atoms with Crippen LogP contribution in [0, 0.1) is 5.92 Å². The van der Waals surface area contributed by atoms with E-state index in [0.29, 0.717) is 0 Å². The number of hydrogen-bond donors (Lipinski definition) is 1. The SMILES string of the molecule is CCCOc1ccc(Br)cc1CNCCCOCC1CC1. The molecule has 0 atom stereocenters. The minimum Gasteiger partial charge on any atom is -0.493 e. The molecule has 1 N–H and O–H groups in total. The predicted octanol–water partition coefficient (Wildman–Crippen LogP) is 4.14. The largest absolute Gasteiger partial charge is 0.493 e. The van der Waals surface area contributed by atoms with Crippen molar-refractivity contribution < 1.29 is 9.47 Å². The number of benzene rings is 1. The van der Waals surface area contributed by atoms with Gasteiger partial charge >= 0.3 is 0 Å². The van der Waals surface area contributed by atoms with Crippen molar-refractivity contribution in [2.45, 2.75) is 39.2 Å². The monoisotopic (exact) mass is 355 g/mol. The summed E-state index contributed by atoms with van der Waals surface area (Å²) < 4.78 is 12.5. The highest BCUT2D eigenvalue weighted by molar-refractivity contribution is 9.10. The van der Waals surface area contributed by atoms with Crippen molar-refractivity contribution in [1.29, 1.82) is 0 Å². The Balaban J connectivity index is 1.64. The van der Waals surface area contributed by atoms with Gasteiger partial charge < -0.3 is 14.8 Å². The van der Waals surface area contributed by atoms with Crippen LogP contribution in [0.15, 0.2) is 22.7 Å². The summed E-state index contributed by atoms with van der Waals surface area (Å²) in [6.07, 6.45) is 4.82. The van der Waals surface area contributed by atoms with Crippen LogP contribution in [0.1, 0.15) is 38.2 Å². The summed E-state index contributed by atoms with van der Waals surface area (Å²) in [5.41, 5.74) is 1.21. The van der Waals surface area contributed by atoms with Crippen LogP contribution in [0.5, 0.6) is 5.75 Å². The van der Waals surface area contributed by atoms with Crippen molar-refractivity contribution in [2.24, 2.45) is 5.92 Å². The first-order chi connectivity index (χ1) is 10.3. The van der Waals surface area contributed by atoms with Gasteiger partial charge in [-0.05, 0) is 56.3 Å². The number of halogens is 1. The van der Waals surface area contributed by atoms with Crippen LogP contribution in [0.4, 0.5) is 0 Å². The molecule has 1 aliphatic rings. The number of nitrogens with one attached hydrogen (secondary N) is 1. The number of rotatable bonds is 11. The van der Waals surface area contributed by atoms with E-state index in [-0.39, 0.29) is 0 Å². The van der Waals surface area contributed by atoms with Crippen LogP contribution in [0.3, 0.4) is 0 Å². The van der Waals surface area contributed by atoms with Crippen molar-refractivity contribution in [3.8, 4) is 5.75 Å². The first kappa shape index (κ1) is 16.8. The van der Waals surface area contributed by atoms with Crippen molar-refractivity contribution in [3.63, 3.8) is 0 Å². The fraction of sp³-hybridized carbons (Fsp3) is 0.647. The van der Waals surface area contributed by atoms with Gasteiger partial charge in [-0.2, -0.15) is 0 Å². The van der Waals surface area contributed by atoms with Gasteiger partial charge in [-0.15, -0.1) is 0 Å². The van der Waals surface area contributed by atoms with Gasteiger partial charge in [0.1, 0.15) is 5.75 Å². The second-order valence-electron chi connectivity index (χ2n) is 5.65. The lowest BCUT2D eigenvalue weighted by molar-refractivity contribution is 0.122. The quantitative estimate of drug-likeness (QED) is 0.605. The van der Waals surface area contributed by atoms with Gasteiger partial charge in [0.05, 0.1) is 6.61 Å². The molecule has 118 valence electrons. The molecule has 1 saturated carbocycles. The fourth-order valence-electron chi connectivity index (χ4n) is 2.10. The molecule has 0 bridgehead atoms. The Bertz CT molecular complexity index is 421.